The van der Waals surface area contributed by atoms with Crippen molar-refractivity contribution in [2.75, 3.05) is 0 Å². The third-order valence-corrected chi connectivity index (χ3v) is 5.38. The van der Waals surface area contributed by atoms with Crippen LogP contribution in [0.15, 0.2) is 12.2 Å². The highest BCUT2D eigenvalue weighted by Gasteiger charge is 2.47. The zero-order valence-corrected chi connectivity index (χ0v) is 11.6. The van der Waals surface area contributed by atoms with E-state index in [1.54, 1.807) is 0 Å². The Morgan fingerprint density at radius 2 is 1.88 bits per heavy atom. The first-order chi connectivity index (χ1) is 7.50. The Labute approximate surface area is 102 Å². The van der Waals surface area contributed by atoms with Gasteiger partial charge in [0.15, 0.2) is 0 Å². The maximum atomic E-state index is 2.58. The second-order valence-electron chi connectivity index (χ2n) is 6.87. The molecule has 0 aromatic rings. The lowest BCUT2D eigenvalue weighted by Gasteiger charge is -2.42. The predicted molar refractivity (Wildman–Crippen MR) is 71.4 cm³/mol. The van der Waals surface area contributed by atoms with E-state index in [0.717, 1.165) is 11.8 Å². The van der Waals surface area contributed by atoms with E-state index in [-0.39, 0.29) is 0 Å². The maximum absolute atomic E-state index is 2.58. The van der Waals surface area contributed by atoms with Gasteiger partial charge < -0.3 is 0 Å². The molecule has 0 amide bonds. The molecule has 16 heavy (non-hydrogen) atoms. The largest absolute Gasteiger partial charge is 0.0820 e. The maximum Gasteiger partial charge on any atom is -0.00843 e. The molecule has 0 spiro atoms. The monoisotopic (exact) mass is 220 g/mol. The van der Waals surface area contributed by atoms with Crippen LogP contribution in [0, 0.1) is 22.7 Å². The van der Waals surface area contributed by atoms with Gasteiger partial charge in [0.1, 0.15) is 0 Å². The molecule has 0 bridgehead atoms. The van der Waals surface area contributed by atoms with Gasteiger partial charge in [-0.1, -0.05) is 59.1 Å². The molecule has 0 heteroatoms. The van der Waals surface area contributed by atoms with Gasteiger partial charge in [-0.3, -0.25) is 0 Å². The van der Waals surface area contributed by atoms with Crippen molar-refractivity contribution in [1.82, 2.24) is 0 Å². The van der Waals surface area contributed by atoms with Gasteiger partial charge in [0, 0.05) is 0 Å². The Hall–Kier alpha value is -0.260. The van der Waals surface area contributed by atoms with Crippen LogP contribution in [0.5, 0.6) is 0 Å². The van der Waals surface area contributed by atoms with Crippen LogP contribution in [-0.4, -0.2) is 0 Å². The van der Waals surface area contributed by atoms with Crippen LogP contribution in [-0.2, 0) is 0 Å². The van der Waals surface area contributed by atoms with Crippen molar-refractivity contribution in [3.63, 3.8) is 0 Å². The van der Waals surface area contributed by atoms with Gasteiger partial charge in [-0.15, -0.1) is 0 Å². The zero-order chi connectivity index (χ0) is 11.8. The predicted octanol–water partition coefficient (Wildman–Crippen LogP) is 5.20. The van der Waals surface area contributed by atoms with Crippen molar-refractivity contribution >= 4 is 0 Å². The molecule has 0 N–H and O–H groups in total. The van der Waals surface area contributed by atoms with Crippen LogP contribution >= 0.6 is 0 Å². The van der Waals surface area contributed by atoms with Gasteiger partial charge in [0.05, 0.1) is 0 Å². The fraction of sp³-hybridized carbons (Fsp3) is 0.875. The summed E-state index contributed by atoms with van der Waals surface area (Å²) in [5, 5.41) is 0. The van der Waals surface area contributed by atoms with Crippen molar-refractivity contribution in [2.24, 2.45) is 22.7 Å². The highest BCUT2D eigenvalue weighted by atomic mass is 14.5. The Morgan fingerprint density at radius 3 is 2.56 bits per heavy atom. The summed E-state index contributed by atoms with van der Waals surface area (Å²) in [6.07, 6.45) is 13.6. The number of allylic oxidation sites excluding steroid dienone is 2. The number of hydrogen-bond acceptors (Lipinski definition) is 0. The standard InChI is InChI=1S/C16H28/c1-5-16-10-6-7-13(2)8-9-14(16)15(3,4)11-12-16/h11-14H,5-10H2,1-4H3/t13?,14?,16-/m0/s1. The summed E-state index contributed by atoms with van der Waals surface area (Å²) >= 11 is 0. The molecule has 2 aliphatic carbocycles. The molecule has 0 aromatic heterocycles. The quantitative estimate of drug-likeness (QED) is 0.533. The van der Waals surface area contributed by atoms with E-state index < -0.39 is 0 Å². The minimum Gasteiger partial charge on any atom is -0.0820 e. The molecule has 2 aliphatic rings. The third kappa shape index (κ3) is 1.96. The van der Waals surface area contributed by atoms with Crippen LogP contribution in [0.25, 0.3) is 0 Å². The fourth-order valence-corrected chi connectivity index (χ4v) is 4.19. The third-order valence-electron chi connectivity index (χ3n) is 5.38. The molecule has 2 unspecified atom stereocenters. The molecular weight excluding hydrogens is 192 g/mol. The molecule has 0 heterocycles. The zero-order valence-electron chi connectivity index (χ0n) is 11.6. The summed E-state index contributed by atoms with van der Waals surface area (Å²) in [5.74, 6) is 1.85. The highest BCUT2D eigenvalue weighted by molar-refractivity contribution is 5.18. The average Bonchev–Trinajstić information content (AvgIpc) is 2.45. The normalized spacial score (nSPS) is 42.5. The summed E-state index contributed by atoms with van der Waals surface area (Å²) in [4.78, 5) is 0. The molecule has 0 saturated heterocycles. The van der Waals surface area contributed by atoms with Gasteiger partial charge in [0.2, 0.25) is 0 Å². The SMILES string of the molecule is CC[C@]12C=CC(C)(C)C1CCC(C)CCC2. The van der Waals surface area contributed by atoms with E-state index in [1.165, 1.54) is 38.5 Å². The van der Waals surface area contributed by atoms with Crippen LogP contribution < -0.4 is 0 Å². The van der Waals surface area contributed by atoms with Gasteiger partial charge in [-0.25, -0.2) is 0 Å². The minimum atomic E-state index is 0.438. The summed E-state index contributed by atoms with van der Waals surface area (Å²) in [5.41, 5.74) is 0.983. The molecule has 3 atom stereocenters. The average molecular weight is 220 g/mol. The van der Waals surface area contributed by atoms with Crippen molar-refractivity contribution in [1.29, 1.82) is 0 Å². The van der Waals surface area contributed by atoms with Crippen molar-refractivity contribution < 1.29 is 0 Å². The molecule has 1 saturated carbocycles. The first-order valence-corrected chi connectivity index (χ1v) is 7.20. The molecule has 2 rings (SSSR count). The van der Waals surface area contributed by atoms with E-state index in [1.807, 2.05) is 0 Å². The Kier molecular flexibility index (Phi) is 3.20. The molecular formula is C16H28. The van der Waals surface area contributed by atoms with Gasteiger partial charge >= 0.3 is 0 Å². The van der Waals surface area contributed by atoms with E-state index >= 15 is 0 Å². The number of rotatable bonds is 1. The van der Waals surface area contributed by atoms with Gasteiger partial charge in [0.25, 0.3) is 0 Å². The van der Waals surface area contributed by atoms with Crippen molar-refractivity contribution in [2.45, 2.75) is 66.2 Å². The lowest BCUT2D eigenvalue weighted by Crippen LogP contribution is -2.34. The van der Waals surface area contributed by atoms with Crippen molar-refractivity contribution in [3.8, 4) is 0 Å². The summed E-state index contributed by atoms with van der Waals surface area (Å²) in [7, 11) is 0. The smallest absolute Gasteiger partial charge is 0.00843 e. The molecule has 0 aromatic carbocycles. The number of hydrogen-bond donors (Lipinski definition) is 0. The Morgan fingerprint density at radius 1 is 1.12 bits per heavy atom. The van der Waals surface area contributed by atoms with E-state index in [2.05, 4.69) is 39.8 Å². The van der Waals surface area contributed by atoms with Crippen molar-refractivity contribution in [3.05, 3.63) is 12.2 Å². The lowest BCUT2D eigenvalue weighted by molar-refractivity contribution is 0.0963. The second-order valence-corrected chi connectivity index (χ2v) is 6.87. The first-order valence-electron chi connectivity index (χ1n) is 7.20. The lowest BCUT2D eigenvalue weighted by atomic mass is 9.62. The fourth-order valence-electron chi connectivity index (χ4n) is 4.19. The summed E-state index contributed by atoms with van der Waals surface area (Å²) in [6.45, 7) is 9.72. The molecule has 1 fully saturated rings. The Balaban J connectivity index is 2.23. The van der Waals surface area contributed by atoms with Crippen LogP contribution in [0.3, 0.4) is 0 Å². The second kappa shape index (κ2) is 4.20. The molecule has 0 radical (unpaired) electrons. The molecule has 0 nitrogen and oxygen atoms in total. The minimum absolute atomic E-state index is 0.438. The molecule has 92 valence electrons. The van der Waals surface area contributed by atoms with E-state index in [4.69, 9.17) is 0 Å². The Bertz CT molecular complexity index is 274. The highest BCUT2D eigenvalue weighted by Crippen LogP contribution is 2.56. The summed E-state index contributed by atoms with van der Waals surface area (Å²) < 4.78 is 0. The van der Waals surface area contributed by atoms with Crippen LogP contribution in [0.1, 0.15) is 66.2 Å². The first kappa shape index (κ1) is 12.2. The van der Waals surface area contributed by atoms with Gasteiger partial charge in [-0.05, 0) is 41.9 Å². The topological polar surface area (TPSA) is 0 Å². The number of fused-ring (bicyclic) bond motifs is 1. The summed E-state index contributed by atoms with van der Waals surface area (Å²) in [6, 6.07) is 0. The van der Waals surface area contributed by atoms with Crippen LogP contribution in [0.4, 0.5) is 0 Å². The van der Waals surface area contributed by atoms with E-state index in [9.17, 15) is 0 Å². The molecule has 0 aliphatic heterocycles. The van der Waals surface area contributed by atoms with Gasteiger partial charge in [-0.2, -0.15) is 0 Å². The van der Waals surface area contributed by atoms with Crippen LogP contribution in [0.2, 0.25) is 0 Å². The van der Waals surface area contributed by atoms with E-state index in [0.29, 0.717) is 10.8 Å².